The molecule has 0 unspecified atom stereocenters. The molecular weight excluding hydrogens is 315 g/mol. The Kier molecular flexibility index (Phi) is 6.62. The summed E-state index contributed by atoms with van der Waals surface area (Å²) in [5.74, 6) is 0. The van der Waals surface area contributed by atoms with Crippen LogP contribution < -0.4 is 0 Å². The van der Waals surface area contributed by atoms with Gasteiger partial charge in [-0.15, -0.1) is 0 Å². The molecule has 0 amide bonds. The van der Waals surface area contributed by atoms with Gasteiger partial charge in [-0.2, -0.15) is 8.62 Å². The lowest BCUT2D eigenvalue weighted by atomic mass is 10.7. The average molecular weight is 325 g/mol. The van der Waals surface area contributed by atoms with E-state index >= 15 is 0 Å². The molecular formula is C4H10NO10P3. The molecule has 14 heteroatoms. The monoisotopic (exact) mass is 325 g/mol. The summed E-state index contributed by atoms with van der Waals surface area (Å²) in [4.78, 5) is 43.1. The van der Waals surface area contributed by atoms with Crippen LogP contribution in [0.15, 0.2) is 24.5 Å². The zero-order chi connectivity index (χ0) is 14.4. The van der Waals surface area contributed by atoms with E-state index in [1.165, 1.54) is 0 Å². The van der Waals surface area contributed by atoms with E-state index in [9.17, 15) is 13.7 Å². The van der Waals surface area contributed by atoms with Crippen molar-refractivity contribution in [3.05, 3.63) is 24.5 Å². The van der Waals surface area contributed by atoms with Crippen molar-refractivity contribution in [3.8, 4) is 0 Å². The van der Waals surface area contributed by atoms with Crippen molar-refractivity contribution >= 4 is 23.5 Å². The minimum atomic E-state index is -5.46. The molecule has 0 radical (unpaired) electrons. The Bertz CT molecular complexity index is 426. The molecule has 11 nitrogen and oxygen atoms in total. The largest absolute Gasteiger partial charge is 0.490 e. The van der Waals surface area contributed by atoms with Gasteiger partial charge in [0, 0.05) is 12.4 Å². The Morgan fingerprint density at radius 3 is 1.28 bits per heavy atom. The molecule has 1 aromatic heterocycles. The number of hydrogen-bond acceptors (Lipinski definition) is 5. The normalized spacial score (nSPS) is 12.7. The van der Waals surface area contributed by atoms with E-state index < -0.39 is 23.5 Å². The predicted octanol–water partition coefficient (Wildman–Crippen LogP) is 0.320. The number of rotatable bonds is 4. The van der Waals surface area contributed by atoms with E-state index in [2.05, 4.69) is 13.6 Å². The number of hydrogen-bond donors (Lipinski definition) is 6. The molecule has 0 bridgehead atoms. The van der Waals surface area contributed by atoms with Crippen LogP contribution in [-0.4, -0.2) is 29.5 Å². The van der Waals surface area contributed by atoms with Crippen LogP contribution in [0.3, 0.4) is 0 Å². The number of H-pyrrole nitrogens is 1. The first-order valence-corrected chi connectivity index (χ1v) is 8.41. The van der Waals surface area contributed by atoms with Gasteiger partial charge in [0.2, 0.25) is 0 Å². The highest BCUT2D eigenvalue weighted by Gasteiger charge is 2.38. The second-order valence-corrected chi connectivity index (χ2v) is 6.70. The van der Waals surface area contributed by atoms with E-state index in [0.717, 1.165) is 0 Å². The summed E-state index contributed by atoms with van der Waals surface area (Å²) >= 11 is 0. The molecule has 0 aromatic carbocycles. The molecule has 0 aliphatic heterocycles. The maximum atomic E-state index is 10.4. The van der Waals surface area contributed by atoms with Gasteiger partial charge in [-0.1, -0.05) is 0 Å². The minimum absolute atomic E-state index is 1.88. The zero-order valence-corrected chi connectivity index (χ0v) is 11.1. The lowest BCUT2D eigenvalue weighted by molar-refractivity contribution is 0.204. The molecule has 0 spiro atoms. The molecule has 0 fully saturated rings. The molecule has 0 atom stereocenters. The van der Waals surface area contributed by atoms with E-state index in [1.807, 2.05) is 24.5 Å². The van der Waals surface area contributed by atoms with Gasteiger partial charge < -0.3 is 29.5 Å². The van der Waals surface area contributed by atoms with Crippen molar-refractivity contribution in [1.29, 1.82) is 0 Å². The molecule has 0 saturated heterocycles. The van der Waals surface area contributed by atoms with Crippen LogP contribution in [-0.2, 0) is 22.3 Å². The lowest BCUT2D eigenvalue weighted by Gasteiger charge is -2.11. The number of aromatic nitrogens is 1. The highest BCUT2D eigenvalue weighted by molar-refractivity contribution is 7.66. The summed E-state index contributed by atoms with van der Waals surface area (Å²) < 4.78 is 36.4. The van der Waals surface area contributed by atoms with E-state index in [-0.39, 0.29) is 0 Å². The first kappa shape index (κ1) is 17.7. The third-order valence-electron chi connectivity index (χ3n) is 0.915. The Balaban J connectivity index is 0.000000473. The van der Waals surface area contributed by atoms with Gasteiger partial charge in [0.05, 0.1) is 0 Å². The van der Waals surface area contributed by atoms with Crippen LogP contribution >= 0.6 is 23.5 Å². The molecule has 18 heavy (non-hydrogen) atoms. The second kappa shape index (κ2) is 6.74. The maximum Gasteiger partial charge on any atom is 0.490 e. The standard InChI is InChI=1S/C4H5N.H5O10P3/c1-2-4-5-3-1;1-11(2,3)9-13(7,8)10-12(4,5)6/h1-5H;(H,7,8)(H2,1,2,3)(H2,4,5,6). The number of phosphoric acid groups is 3. The summed E-state index contributed by atoms with van der Waals surface area (Å²) in [6.45, 7) is 0. The topological polar surface area (TPSA) is 187 Å². The van der Waals surface area contributed by atoms with Gasteiger partial charge in [0.25, 0.3) is 0 Å². The van der Waals surface area contributed by atoms with Crippen molar-refractivity contribution in [3.63, 3.8) is 0 Å². The molecule has 1 aromatic rings. The van der Waals surface area contributed by atoms with Crippen molar-refractivity contribution in [2.45, 2.75) is 0 Å². The van der Waals surface area contributed by atoms with E-state index in [1.54, 1.807) is 0 Å². The van der Waals surface area contributed by atoms with Gasteiger partial charge in [-0.05, 0) is 12.1 Å². The molecule has 0 aliphatic rings. The lowest BCUT2D eigenvalue weighted by Crippen LogP contribution is -1.91. The van der Waals surface area contributed by atoms with Crippen molar-refractivity contribution in [2.24, 2.45) is 0 Å². The first-order valence-electron chi connectivity index (χ1n) is 3.86. The summed E-state index contributed by atoms with van der Waals surface area (Å²) in [5.41, 5.74) is 0. The molecule has 0 aliphatic carbocycles. The van der Waals surface area contributed by atoms with Crippen LogP contribution in [0.25, 0.3) is 0 Å². The van der Waals surface area contributed by atoms with Crippen LogP contribution in [0.1, 0.15) is 0 Å². The summed E-state index contributed by atoms with van der Waals surface area (Å²) in [5, 5.41) is 0. The molecule has 0 saturated carbocycles. The summed E-state index contributed by atoms with van der Waals surface area (Å²) in [7, 11) is -16.2. The van der Waals surface area contributed by atoms with Crippen molar-refractivity contribution in [1.82, 2.24) is 4.98 Å². The fourth-order valence-electron chi connectivity index (χ4n) is 0.562. The highest BCUT2D eigenvalue weighted by Crippen LogP contribution is 2.64. The SMILES string of the molecule is O=P(O)(O)OP(=O)(O)OP(=O)(O)O.c1cc[nH]c1. The van der Waals surface area contributed by atoms with Gasteiger partial charge >= 0.3 is 23.5 Å². The van der Waals surface area contributed by atoms with Gasteiger partial charge in [0.15, 0.2) is 0 Å². The molecule has 1 heterocycles. The van der Waals surface area contributed by atoms with Crippen LogP contribution in [0.2, 0.25) is 0 Å². The van der Waals surface area contributed by atoms with Gasteiger partial charge in [0.1, 0.15) is 0 Å². The second-order valence-electron chi connectivity index (χ2n) is 2.50. The number of aromatic amines is 1. The fourth-order valence-corrected chi connectivity index (χ4v) is 3.10. The Morgan fingerprint density at radius 2 is 1.11 bits per heavy atom. The van der Waals surface area contributed by atoms with Crippen LogP contribution in [0.4, 0.5) is 0 Å². The third kappa shape index (κ3) is 12.2. The Morgan fingerprint density at radius 1 is 0.778 bits per heavy atom. The minimum Gasteiger partial charge on any atom is -0.368 e. The van der Waals surface area contributed by atoms with Crippen LogP contribution in [0, 0.1) is 0 Å². The third-order valence-corrected chi connectivity index (χ3v) is 4.27. The Hall–Kier alpha value is -0.310. The van der Waals surface area contributed by atoms with Crippen molar-refractivity contribution < 1.29 is 46.8 Å². The first-order chi connectivity index (χ1) is 7.91. The van der Waals surface area contributed by atoms with E-state index in [4.69, 9.17) is 24.5 Å². The zero-order valence-electron chi connectivity index (χ0n) is 8.43. The fraction of sp³-hybridized carbons (Fsp3) is 0. The molecule has 1 rings (SSSR count). The average Bonchev–Trinajstić information content (AvgIpc) is 2.47. The Labute approximate surface area is 100 Å². The summed E-state index contributed by atoms with van der Waals surface area (Å²) in [6.07, 6.45) is 3.75. The maximum absolute atomic E-state index is 10.4. The number of nitrogens with one attached hydrogen (secondary N) is 1. The van der Waals surface area contributed by atoms with Gasteiger partial charge in [-0.3, -0.25) is 0 Å². The van der Waals surface area contributed by atoms with Crippen molar-refractivity contribution in [2.75, 3.05) is 0 Å². The summed E-state index contributed by atoms with van der Waals surface area (Å²) in [6, 6.07) is 3.89. The van der Waals surface area contributed by atoms with Crippen LogP contribution in [0.5, 0.6) is 0 Å². The smallest absolute Gasteiger partial charge is 0.368 e. The quantitative estimate of drug-likeness (QED) is 0.421. The molecule has 106 valence electrons. The van der Waals surface area contributed by atoms with Gasteiger partial charge in [-0.25, -0.2) is 13.7 Å². The predicted molar refractivity (Wildman–Crippen MR) is 56.9 cm³/mol. The van der Waals surface area contributed by atoms with E-state index in [0.29, 0.717) is 0 Å². The molecule has 6 N–H and O–H groups in total. The highest BCUT2D eigenvalue weighted by atomic mass is 31.3.